The molecule has 90 valence electrons. The molecule has 2 rings (SSSR count). The predicted molar refractivity (Wildman–Crippen MR) is 65.1 cm³/mol. The van der Waals surface area contributed by atoms with E-state index in [0.717, 1.165) is 19.3 Å². The van der Waals surface area contributed by atoms with Gasteiger partial charge >= 0.3 is 0 Å². The van der Waals surface area contributed by atoms with E-state index in [0.29, 0.717) is 24.7 Å². The van der Waals surface area contributed by atoms with Gasteiger partial charge in [-0.2, -0.15) is 0 Å². The Morgan fingerprint density at radius 2 is 2.31 bits per heavy atom. The number of nitrogens with two attached hydrogens (primary N) is 1. The number of carbonyl (C=O) groups excluding carboxylic acids is 1. The third-order valence-electron chi connectivity index (χ3n) is 3.59. The minimum atomic E-state index is -0.514. The van der Waals surface area contributed by atoms with Gasteiger partial charge in [-0.05, 0) is 19.3 Å². The zero-order valence-corrected chi connectivity index (χ0v) is 10.4. The van der Waals surface area contributed by atoms with Gasteiger partial charge in [-0.15, -0.1) is 0 Å². The molecule has 2 aliphatic rings. The maximum atomic E-state index is 12.4. The average molecular weight is 242 g/mol. The van der Waals surface area contributed by atoms with Crippen LogP contribution in [0.15, 0.2) is 0 Å². The largest absolute Gasteiger partial charge is 0.392 e. The number of carbonyl (C=O) groups is 1. The van der Waals surface area contributed by atoms with E-state index in [4.69, 9.17) is 22.7 Å². The zero-order valence-electron chi connectivity index (χ0n) is 9.57. The topological polar surface area (TPSA) is 55.6 Å². The summed E-state index contributed by atoms with van der Waals surface area (Å²) < 4.78 is 5.39. The monoisotopic (exact) mass is 242 g/mol. The van der Waals surface area contributed by atoms with Crippen molar-refractivity contribution in [1.29, 1.82) is 0 Å². The Bertz CT molecular complexity index is 315. The van der Waals surface area contributed by atoms with E-state index in [2.05, 4.69) is 6.92 Å². The zero-order chi connectivity index (χ0) is 11.8. The summed E-state index contributed by atoms with van der Waals surface area (Å²) in [6, 6.07) is 0.188. The number of hydrogen-bond donors (Lipinski definition) is 1. The fourth-order valence-electron chi connectivity index (χ4n) is 2.23. The molecule has 0 bridgehead atoms. The molecule has 5 heteroatoms. The van der Waals surface area contributed by atoms with Gasteiger partial charge in [-0.25, -0.2) is 0 Å². The van der Waals surface area contributed by atoms with Crippen LogP contribution < -0.4 is 5.73 Å². The highest BCUT2D eigenvalue weighted by Gasteiger charge is 2.55. The van der Waals surface area contributed by atoms with Crippen LogP contribution in [0.3, 0.4) is 0 Å². The Morgan fingerprint density at radius 3 is 2.81 bits per heavy atom. The molecule has 4 nitrogen and oxygen atoms in total. The molecule has 2 fully saturated rings. The van der Waals surface area contributed by atoms with Gasteiger partial charge in [0.1, 0.15) is 0 Å². The quantitative estimate of drug-likeness (QED) is 0.740. The molecule has 1 atom stereocenters. The number of thiocarbonyl (C=S) groups is 1. The highest BCUT2D eigenvalue weighted by molar-refractivity contribution is 7.80. The van der Waals surface area contributed by atoms with Crippen LogP contribution in [0.5, 0.6) is 0 Å². The van der Waals surface area contributed by atoms with Crippen molar-refractivity contribution in [3.63, 3.8) is 0 Å². The van der Waals surface area contributed by atoms with Crippen LogP contribution in [-0.2, 0) is 9.53 Å². The molecule has 1 unspecified atom stereocenters. The Balaban J connectivity index is 2.11. The molecular formula is C11H18N2O2S. The van der Waals surface area contributed by atoms with Gasteiger partial charge in [0.2, 0.25) is 5.91 Å². The first kappa shape index (κ1) is 11.8. The SMILES string of the molecule is CCC1COCCN1C(=O)C1(C(N)=S)CC1. The number of morpholine rings is 1. The minimum Gasteiger partial charge on any atom is -0.392 e. The number of nitrogens with zero attached hydrogens (tertiary/aromatic N) is 1. The van der Waals surface area contributed by atoms with Crippen molar-refractivity contribution < 1.29 is 9.53 Å². The lowest BCUT2D eigenvalue weighted by Gasteiger charge is -2.37. The summed E-state index contributed by atoms with van der Waals surface area (Å²) in [5.74, 6) is 0.121. The van der Waals surface area contributed by atoms with E-state index in [-0.39, 0.29) is 11.9 Å². The van der Waals surface area contributed by atoms with Crippen LogP contribution in [0.25, 0.3) is 0 Å². The van der Waals surface area contributed by atoms with Crippen molar-refractivity contribution in [1.82, 2.24) is 4.90 Å². The van der Waals surface area contributed by atoms with Gasteiger partial charge in [0.25, 0.3) is 0 Å². The standard InChI is InChI=1S/C11H18N2O2S/c1-2-8-7-15-6-5-13(8)10(14)11(3-4-11)9(12)16/h8H,2-7H2,1H3,(H2,12,16). The Morgan fingerprint density at radius 1 is 1.62 bits per heavy atom. The van der Waals surface area contributed by atoms with E-state index in [1.165, 1.54) is 0 Å². The summed E-state index contributed by atoms with van der Waals surface area (Å²) in [6.45, 7) is 3.99. The van der Waals surface area contributed by atoms with Crippen molar-refractivity contribution in [2.24, 2.45) is 11.1 Å². The molecule has 1 saturated heterocycles. The van der Waals surface area contributed by atoms with Crippen LogP contribution >= 0.6 is 12.2 Å². The van der Waals surface area contributed by atoms with Crippen molar-refractivity contribution >= 4 is 23.1 Å². The van der Waals surface area contributed by atoms with Crippen molar-refractivity contribution in [3.05, 3.63) is 0 Å². The van der Waals surface area contributed by atoms with Crippen LogP contribution in [0, 0.1) is 5.41 Å². The van der Waals surface area contributed by atoms with Gasteiger partial charge in [0, 0.05) is 6.54 Å². The van der Waals surface area contributed by atoms with Crippen LogP contribution in [-0.4, -0.2) is 41.6 Å². The number of amides is 1. The van der Waals surface area contributed by atoms with Gasteiger partial charge in [0.15, 0.2) is 0 Å². The lowest BCUT2D eigenvalue weighted by Crippen LogP contribution is -2.53. The molecule has 1 heterocycles. The van der Waals surface area contributed by atoms with E-state index < -0.39 is 5.41 Å². The molecule has 1 aliphatic carbocycles. The molecule has 1 amide bonds. The van der Waals surface area contributed by atoms with E-state index in [1.54, 1.807) is 0 Å². The molecule has 0 aromatic rings. The first-order valence-electron chi connectivity index (χ1n) is 5.80. The van der Waals surface area contributed by atoms with Crippen molar-refractivity contribution in [2.75, 3.05) is 19.8 Å². The van der Waals surface area contributed by atoms with Crippen molar-refractivity contribution in [2.45, 2.75) is 32.2 Å². The van der Waals surface area contributed by atoms with Crippen LogP contribution in [0.2, 0.25) is 0 Å². The molecule has 1 saturated carbocycles. The summed E-state index contributed by atoms with van der Waals surface area (Å²) in [5.41, 5.74) is 5.17. The summed E-state index contributed by atoms with van der Waals surface area (Å²) in [4.78, 5) is 14.7. The van der Waals surface area contributed by atoms with E-state index in [9.17, 15) is 4.79 Å². The molecule has 16 heavy (non-hydrogen) atoms. The second-order valence-electron chi connectivity index (χ2n) is 4.58. The molecule has 0 aromatic carbocycles. The maximum absolute atomic E-state index is 12.4. The molecule has 2 N–H and O–H groups in total. The van der Waals surface area contributed by atoms with E-state index in [1.807, 2.05) is 4.90 Å². The van der Waals surface area contributed by atoms with Gasteiger partial charge < -0.3 is 15.4 Å². The predicted octanol–water partition coefficient (Wildman–Crippen LogP) is 0.690. The first-order chi connectivity index (χ1) is 7.62. The fourth-order valence-corrected chi connectivity index (χ4v) is 2.52. The fraction of sp³-hybridized carbons (Fsp3) is 0.818. The van der Waals surface area contributed by atoms with Gasteiger partial charge in [-0.1, -0.05) is 19.1 Å². The third kappa shape index (κ3) is 1.82. The summed E-state index contributed by atoms with van der Waals surface area (Å²) in [5, 5.41) is 0. The van der Waals surface area contributed by atoms with Crippen molar-refractivity contribution in [3.8, 4) is 0 Å². The Kier molecular flexibility index (Phi) is 3.17. The molecular weight excluding hydrogens is 224 g/mol. The minimum absolute atomic E-state index is 0.121. The van der Waals surface area contributed by atoms with Gasteiger partial charge in [0.05, 0.1) is 29.7 Å². The van der Waals surface area contributed by atoms with Crippen LogP contribution in [0.1, 0.15) is 26.2 Å². The maximum Gasteiger partial charge on any atom is 0.236 e. The second kappa shape index (κ2) is 4.30. The summed E-state index contributed by atoms with van der Waals surface area (Å²) >= 11 is 5.01. The molecule has 0 radical (unpaired) electrons. The molecule has 0 spiro atoms. The number of hydrogen-bond acceptors (Lipinski definition) is 3. The Hall–Kier alpha value is -0.680. The second-order valence-corrected chi connectivity index (χ2v) is 5.02. The highest BCUT2D eigenvalue weighted by atomic mass is 32.1. The summed E-state index contributed by atoms with van der Waals surface area (Å²) in [7, 11) is 0. The Labute approximate surface area is 101 Å². The average Bonchev–Trinajstić information content (AvgIpc) is 3.09. The van der Waals surface area contributed by atoms with E-state index >= 15 is 0 Å². The smallest absolute Gasteiger partial charge is 0.236 e. The first-order valence-corrected chi connectivity index (χ1v) is 6.21. The van der Waals surface area contributed by atoms with Crippen LogP contribution in [0.4, 0.5) is 0 Å². The number of rotatable bonds is 3. The lowest BCUT2D eigenvalue weighted by molar-refractivity contribution is -0.143. The lowest BCUT2D eigenvalue weighted by atomic mass is 10.0. The highest BCUT2D eigenvalue weighted by Crippen LogP contribution is 2.48. The third-order valence-corrected chi connectivity index (χ3v) is 3.98. The van der Waals surface area contributed by atoms with Gasteiger partial charge in [-0.3, -0.25) is 4.79 Å². The summed E-state index contributed by atoms with van der Waals surface area (Å²) in [6.07, 6.45) is 2.54. The molecule has 0 aromatic heterocycles. The number of ether oxygens (including phenoxy) is 1. The molecule has 1 aliphatic heterocycles. The normalized spacial score (nSPS) is 27.6.